The molecule has 25 heavy (non-hydrogen) atoms. The molecular weight excluding hydrogens is 316 g/mol. The summed E-state index contributed by atoms with van der Waals surface area (Å²) in [7, 11) is 0. The Morgan fingerprint density at radius 3 is 2.72 bits per heavy atom. The van der Waals surface area contributed by atoms with Gasteiger partial charge in [-0.15, -0.1) is 0 Å². The molecule has 4 heteroatoms. The third kappa shape index (κ3) is 2.16. The Hall–Kier alpha value is -1.97. The van der Waals surface area contributed by atoms with E-state index >= 15 is 0 Å². The first kappa shape index (κ1) is 16.5. The number of benzene rings is 1. The van der Waals surface area contributed by atoms with Crippen LogP contribution in [0.15, 0.2) is 10.5 Å². The number of hydrogen-bond acceptors (Lipinski definition) is 4. The van der Waals surface area contributed by atoms with Crippen LogP contribution in [0.4, 0.5) is 0 Å². The van der Waals surface area contributed by atoms with Crippen LogP contribution in [0.3, 0.4) is 0 Å². The van der Waals surface area contributed by atoms with Crippen molar-refractivity contribution in [1.29, 1.82) is 0 Å². The van der Waals surface area contributed by atoms with Crippen molar-refractivity contribution in [2.24, 2.45) is 11.8 Å². The van der Waals surface area contributed by atoms with Gasteiger partial charge in [0, 0.05) is 16.9 Å². The number of aromatic hydroxyl groups is 2. The number of carbonyl (C=O) groups excluding carboxylic acids is 1. The normalized spacial score (nSPS) is 32.0. The van der Waals surface area contributed by atoms with Crippen LogP contribution in [0.2, 0.25) is 0 Å². The third-order valence-corrected chi connectivity index (χ3v) is 6.90. The van der Waals surface area contributed by atoms with Crippen molar-refractivity contribution in [2.75, 3.05) is 0 Å². The third-order valence-electron chi connectivity index (χ3n) is 6.90. The molecule has 0 saturated heterocycles. The van der Waals surface area contributed by atoms with E-state index in [1.165, 1.54) is 19.3 Å². The lowest BCUT2D eigenvalue weighted by atomic mass is 9.59. The summed E-state index contributed by atoms with van der Waals surface area (Å²) in [6.07, 6.45) is 6.34. The summed E-state index contributed by atoms with van der Waals surface area (Å²) in [5.74, 6) is 1.78. The topological polar surface area (TPSA) is 70.7 Å². The Balaban J connectivity index is 2.08. The maximum atomic E-state index is 11.5. The highest BCUT2D eigenvalue weighted by Crippen LogP contribution is 2.56. The second kappa shape index (κ2) is 5.52. The minimum atomic E-state index is -0.391. The minimum absolute atomic E-state index is 0.0213. The molecule has 1 aromatic heterocycles. The molecule has 2 N–H and O–H groups in total. The maximum Gasteiger partial charge on any atom is 0.172 e. The zero-order valence-corrected chi connectivity index (χ0v) is 15.1. The van der Waals surface area contributed by atoms with Gasteiger partial charge in [0.15, 0.2) is 17.8 Å². The molecule has 0 spiro atoms. The van der Waals surface area contributed by atoms with Gasteiger partial charge in [-0.2, -0.15) is 0 Å². The quantitative estimate of drug-likeness (QED) is 0.548. The van der Waals surface area contributed by atoms with Gasteiger partial charge < -0.3 is 14.6 Å². The standard InChI is InChI=1S/C21H26O4/c1-11-5-4-8-21(3)15(11)7-6-12(2)19-17(21)13-9-16(23)18(24)14(10-22)20(13)25-19/h9-12,15,23-24H,4-8H2,1-3H3/t11?,12-,15?,21+/m1/s1. The highest BCUT2D eigenvalue weighted by molar-refractivity contribution is 6.01. The van der Waals surface area contributed by atoms with Gasteiger partial charge in [0.05, 0.1) is 0 Å². The van der Waals surface area contributed by atoms with E-state index in [1.807, 2.05) is 0 Å². The van der Waals surface area contributed by atoms with E-state index < -0.39 is 5.75 Å². The molecule has 4 rings (SSSR count). The fourth-order valence-corrected chi connectivity index (χ4v) is 5.58. The van der Waals surface area contributed by atoms with Crippen LogP contribution >= 0.6 is 0 Å². The number of furan rings is 1. The average molecular weight is 342 g/mol. The molecule has 0 bridgehead atoms. The van der Waals surface area contributed by atoms with Crippen LogP contribution < -0.4 is 0 Å². The number of phenolic OH excluding ortho intramolecular Hbond substituents is 2. The zero-order chi connectivity index (χ0) is 17.9. The predicted molar refractivity (Wildman–Crippen MR) is 96.4 cm³/mol. The van der Waals surface area contributed by atoms with E-state index in [9.17, 15) is 15.0 Å². The molecule has 1 fully saturated rings. The number of carbonyl (C=O) groups is 1. The average Bonchev–Trinajstić information content (AvgIpc) is 2.90. The molecule has 4 nitrogen and oxygen atoms in total. The number of hydrogen-bond donors (Lipinski definition) is 2. The van der Waals surface area contributed by atoms with Crippen LogP contribution in [0.25, 0.3) is 11.0 Å². The molecule has 4 atom stereocenters. The Morgan fingerprint density at radius 2 is 2.00 bits per heavy atom. The Morgan fingerprint density at radius 1 is 1.24 bits per heavy atom. The molecule has 2 aliphatic carbocycles. The zero-order valence-electron chi connectivity index (χ0n) is 15.1. The molecule has 2 aliphatic rings. The number of fused-ring (bicyclic) bond motifs is 5. The van der Waals surface area contributed by atoms with Crippen LogP contribution in [0, 0.1) is 11.8 Å². The van der Waals surface area contributed by atoms with Crippen molar-refractivity contribution < 1.29 is 19.4 Å². The fraction of sp³-hybridized carbons (Fsp3) is 0.571. The highest BCUT2D eigenvalue weighted by atomic mass is 16.3. The summed E-state index contributed by atoms with van der Waals surface area (Å²) in [5, 5.41) is 21.0. The van der Waals surface area contributed by atoms with Gasteiger partial charge in [-0.1, -0.05) is 33.6 Å². The molecule has 1 saturated carbocycles. The Kier molecular flexibility index (Phi) is 3.64. The van der Waals surface area contributed by atoms with E-state index in [1.54, 1.807) is 6.07 Å². The van der Waals surface area contributed by atoms with E-state index in [0.29, 0.717) is 23.7 Å². The van der Waals surface area contributed by atoms with Crippen molar-refractivity contribution in [3.63, 3.8) is 0 Å². The van der Waals surface area contributed by atoms with Crippen molar-refractivity contribution in [1.82, 2.24) is 0 Å². The Labute approximate surface area is 147 Å². The van der Waals surface area contributed by atoms with E-state index in [0.717, 1.165) is 29.6 Å². The fourth-order valence-electron chi connectivity index (χ4n) is 5.58. The van der Waals surface area contributed by atoms with Gasteiger partial charge in [-0.05, 0) is 42.6 Å². The van der Waals surface area contributed by atoms with Crippen LogP contribution in [-0.2, 0) is 5.41 Å². The molecule has 134 valence electrons. The highest BCUT2D eigenvalue weighted by Gasteiger charge is 2.47. The second-order valence-corrected chi connectivity index (χ2v) is 8.37. The monoisotopic (exact) mass is 342 g/mol. The Bertz CT molecular complexity index is 849. The van der Waals surface area contributed by atoms with Crippen molar-refractivity contribution in [3.05, 3.63) is 23.0 Å². The molecular formula is C21H26O4. The van der Waals surface area contributed by atoms with Crippen molar-refractivity contribution >= 4 is 17.3 Å². The van der Waals surface area contributed by atoms with Gasteiger partial charge in [0.1, 0.15) is 16.9 Å². The summed E-state index contributed by atoms with van der Waals surface area (Å²) in [4.78, 5) is 11.5. The van der Waals surface area contributed by atoms with E-state index in [4.69, 9.17) is 4.42 Å². The molecule has 0 aliphatic heterocycles. The molecule has 0 radical (unpaired) electrons. The lowest BCUT2D eigenvalue weighted by molar-refractivity contribution is 0.112. The summed E-state index contributed by atoms with van der Waals surface area (Å²) in [6, 6.07) is 1.58. The van der Waals surface area contributed by atoms with E-state index in [-0.39, 0.29) is 22.6 Å². The first-order valence-corrected chi connectivity index (χ1v) is 9.35. The van der Waals surface area contributed by atoms with Gasteiger partial charge in [-0.25, -0.2) is 0 Å². The molecule has 1 aromatic carbocycles. The van der Waals surface area contributed by atoms with Gasteiger partial charge in [0.25, 0.3) is 0 Å². The second-order valence-electron chi connectivity index (χ2n) is 8.37. The van der Waals surface area contributed by atoms with Crippen molar-refractivity contribution in [2.45, 2.75) is 64.2 Å². The van der Waals surface area contributed by atoms with E-state index in [2.05, 4.69) is 20.8 Å². The van der Waals surface area contributed by atoms with Crippen LogP contribution in [-0.4, -0.2) is 16.5 Å². The molecule has 2 unspecified atom stereocenters. The molecule has 1 heterocycles. The SMILES string of the molecule is CC1CCC[C@]2(C)c3c(oc4c(C=O)c(O)c(O)cc34)[C@H](C)CCC12. The van der Waals surface area contributed by atoms with Gasteiger partial charge in [-0.3, -0.25) is 4.79 Å². The molecule has 0 amide bonds. The van der Waals surface area contributed by atoms with Crippen LogP contribution in [0.5, 0.6) is 11.5 Å². The summed E-state index contributed by atoms with van der Waals surface area (Å²) < 4.78 is 6.19. The predicted octanol–water partition coefficient (Wildman–Crippen LogP) is 5.25. The minimum Gasteiger partial charge on any atom is -0.504 e. The summed E-state index contributed by atoms with van der Waals surface area (Å²) in [5.41, 5.74) is 1.61. The summed E-state index contributed by atoms with van der Waals surface area (Å²) in [6.45, 7) is 6.84. The van der Waals surface area contributed by atoms with Gasteiger partial charge >= 0.3 is 0 Å². The summed E-state index contributed by atoms with van der Waals surface area (Å²) >= 11 is 0. The lowest BCUT2D eigenvalue weighted by Crippen LogP contribution is -2.39. The number of aldehydes is 1. The maximum absolute atomic E-state index is 11.5. The largest absolute Gasteiger partial charge is 0.504 e. The number of phenols is 2. The molecule has 2 aromatic rings. The first-order chi connectivity index (χ1) is 11.9. The van der Waals surface area contributed by atoms with Gasteiger partial charge in [0.2, 0.25) is 0 Å². The van der Waals surface area contributed by atoms with Crippen LogP contribution in [0.1, 0.15) is 80.5 Å². The first-order valence-electron chi connectivity index (χ1n) is 9.35. The smallest absolute Gasteiger partial charge is 0.172 e. The number of rotatable bonds is 1. The van der Waals surface area contributed by atoms with Crippen molar-refractivity contribution in [3.8, 4) is 11.5 Å². The lowest BCUT2D eigenvalue weighted by Gasteiger charge is -2.45.